The van der Waals surface area contributed by atoms with Crippen molar-refractivity contribution in [2.45, 2.75) is 19.9 Å². The van der Waals surface area contributed by atoms with Crippen LogP contribution in [0.5, 0.6) is 0 Å². The molecule has 1 N–H and O–H groups in total. The Morgan fingerprint density at radius 2 is 1.89 bits per heavy atom. The molecular formula is C14H15Br2NS. The second-order valence-electron chi connectivity index (χ2n) is 4.28. The van der Waals surface area contributed by atoms with Crippen LogP contribution in [0.25, 0.3) is 0 Å². The van der Waals surface area contributed by atoms with Crippen molar-refractivity contribution < 1.29 is 0 Å². The first-order valence-corrected chi connectivity index (χ1v) is 8.12. The number of rotatable bonds is 3. The highest BCUT2D eigenvalue weighted by molar-refractivity contribution is 9.11. The van der Waals surface area contributed by atoms with E-state index in [0.29, 0.717) is 0 Å². The van der Waals surface area contributed by atoms with E-state index in [1.165, 1.54) is 20.9 Å². The molecule has 4 heteroatoms. The maximum absolute atomic E-state index is 3.64. The smallest absolute Gasteiger partial charge is 0.0680 e. The van der Waals surface area contributed by atoms with Gasteiger partial charge in [0, 0.05) is 18.7 Å². The fourth-order valence-corrected chi connectivity index (χ4v) is 3.96. The molecule has 0 saturated heterocycles. The van der Waals surface area contributed by atoms with Crippen LogP contribution in [-0.4, -0.2) is 7.05 Å². The maximum Gasteiger partial charge on any atom is 0.0680 e. The van der Waals surface area contributed by atoms with E-state index < -0.39 is 0 Å². The Labute approximate surface area is 129 Å². The van der Waals surface area contributed by atoms with Crippen LogP contribution >= 0.6 is 43.2 Å². The summed E-state index contributed by atoms with van der Waals surface area (Å²) in [6.45, 7) is 4.34. The minimum Gasteiger partial charge on any atom is -0.309 e. The summed E-state index contributed by atoms with van der Waals surface area (Å²) in [6.07, 6.45) is 0. The van der Waals surface area contributed by atoms with Gasteiger partial charge in [0.15, 0.2) is 0 Å². The second-order valence-corrected chi connectivity index (χ2v) is 7.33. The van der Waals surface area contributed by atoms with Crippen molar-refractivity contribution in [1.82, 2.24) is 5.32 Å². The standard InChI is InChI=1S/C14H15Br2NS/c1-8-6-13(18-9(8)2)14(17-3)11-7-10(15)4-5-12(11)16/h4-7,14,17H,1-3H3. The molecule has 0 spiro atoms. The van der Waals surface area contributed by atoms with E-state index in [1.807, 2.05) is 24.5 Å². The Balaban J connectivity index is 2.48. The van der Waals surface area contributed by atoms with E-state index in [4.69, 9.17) is 0 Å². The van der Waals surface area contributed by atoms with Gasteiger partial charge in [-0.1, -0.05) is 31.9 Å². The molecule has 1 aromatic carbocycles. The van der Waals surface area contributed by atoms with Gasteiger partial charge in [-0.2, -0.15) is 0 Å². The van der Waals surface area contributed by atoms with Gasteiger partial charge >= 0.3 is 0 Å². The van der Waals surface area contributed by atoms with Gasteiger partial charge in [-0.25, -0.2) is 0 Å². The Morgan fingerprint density at radius 1 is 1.17 bits per heavy atom. The van der Waals surface area contributed by atoms with Crippen molar-refractivity contribution in [1.29, 1.82) is 0 Å². The van der Waals surface area contributed by atoms with Crippen molar-refractivity contribution >= 4 is 43.2 Å². The molecule has 1 heterocycles. The van der Waals surface area contributed by atoms with E-state index >= 15 is 0 Å². The van der Waals surface area contributed by atoms with E-state index in [1.54, 1.807) is 0 Å². The fraction of sp³-hybridized carbons (Fsp3) is 0.286. The maximum atomic E-state index is 3.64. The molecule has 1 aromatic heterocycles. The number of benzene rings is 1. The monoisotopic (exact) mass is 387 g/mol. The van der Waals surface area contributed by atoms with E-state index in [0.717, 1.165) is 8.95 Å². The third kappa shape index (κ3) is 2.87. The van der Waals surface area contributed by atoms with Gasteiger partial charge in [0.2, 0.25) is 0 Å². The Kier molecular flexibility index (Phi) is 4.64. The summed E-state index contributed by atoms with van der Waals surface area (Å²) in [5.74, 6) is 0. The summed E-state index contributed by atoms with van der Waals surface area (Å²) in [4.78, 5) is 2.74. The Morgan fingerprint density at radius 3 is 2.44 bits per heavy atom. The number of thiophene rings is 1. The number of halogens is 2. The highest BCUT2D eigenvalue weighted by Crippen LogP contribution is 2.35. The van der Waals surface area contributed by atoms with Gasteiger partial charge in [-0.15, -0.1) is 11.3 Å². The molecule has 1 unspecified atom stereocenters. The van der Waals surface area contributed by atoms with Gasteiger partial charge in [-0.3, -0.25) is 0 Å². The van der Waals surface area contributed by atoms with Crippen LogP contribution in [0.2, 0.25) is 0 Å². The van der Waals surface area contributed by atoms with Gasteiger partial charge in [-0.05, 0) is 56.3 Å². The molecular weight excluding hydrogens is 374 g/mol. The first-order valence-electron chi connectivity index (χ1n) is 5.72. The van der Waals surface area contributed by atoms with E-state index in [-0.39, 0.29) is 6.04 Å². The summed E-state index contributed by atoms with van der Waals surface area (Å²) < 4.78 is 2.24. The number of aryl methyl sites for hydroxylation is 2. The lowest BCUT2D eigenvalue weighted by Crippen LogP contribution is -2.17. The first kappa shape index (κ1) is 14.3. The molecule has 0 amide bonds. The Bertz CT molecular complexity index is 543. The molecule has 1 nitrogen and oxygen atoms in total. The zero-order chi connectivity index (χ0) is 13.3. The van der Waals surface area contributed by atoms with E-state index in [9.17, 15) is 0 Å². The number of hydrogen-bond acceptors (Lipinski definition) is 2. The molecule has 2 rings (SSSR count). The molecule has 96 valence electrons. The lowest BCUT2D eigenvalue weighted by atomic mass is 10.1. The fourth-order valence-electron chi connectivity index (χ4n) is 1.93. The molecule has 0 bridgehead atoms. The molecule has 2 aromatic rings. The Hall–Kier alpha value is -0.160. The van der Waals surface area contributed by atoms with Crippen LogP contribution in [0.15, 0.2) is 33.2 Å². The summed E-state index contributed by atoms with van der Waals surface area (Å²) in [7, 11) is 2.00. The lowest BCUT2D eigenvalue weighted by molar-refractivity contribution is 0.700. The predicted molar refractivity (Wildman–Crippen MR) is 86.5 cm³/mol. The highest BCUT2D eigenvalue weighted by atomic mass is 79.9. The third-order valence-corrected chi connectivity index (χ3v) is 5.46. The normalized spacial score (nSPS) is 12.7. The molecule has 0 aliphatic heterocycles. The van der Waals surface area contributed by atoms with E-state index in [2.05, 4.69) is 69.2 Å². The van der Waals surface area contributed by atoms with Crippen LogP contribution in [0, 0.1) is 13.8 Å². The zero-order valence-electron chi connectivity index (χ0n) is 10.6. The summed E-state index contributed by atoms with van der Waals surface area (Å²) in [5.41, 5.74) is 2.62. The molecule has 18 heavy (non-hydrogen) atoms. The van der Waals surface area contributed by atoms with Crippen molar-refractivity contribution in [2.24, 2.45) is 0 Å². The minimum atomic E-state index is 0.231. The quantitative estimate of drug-likeness (QED) is 0.761. The van der Waals surface area contributed by atoms with Gasteiger partial charge in [0.1, 0.15) is 0 Å². The molecule has 1 atom stereocenters. The van der Waals surface area contributed by atoms with Crippen LogP contribution in [0.3, 0.4) is 0 Å². The van der Waals surface area contributed by atoms with Crippen molar-refractivity contribution in [2.75, 3.05) is 7.05 Å². The number of nitrogens with one attached hydrogen (secondary N) is 1. The van der Waals surface area contributed by atoms with Gasteiger partial charge < -0.3 is 5.32 Å². The lowest BCUT2D eigenvalue weighted by Gasteiger charge is -2.17. The van der Waals surface area contributed by atoms with Crippen LogP contribution < -0.4 is 5.32 Å². The predicted octanol–water partition coefficient (Wildman–Crippen LogP) is 5.20. The van der Waals surface area contributed by atoms with Gasteiger partial charge in [0.25, 0.3) is 0 Å². The molecule has 0 aliphatic rings. The highest BCUT2D eigenvalue weighted by Gasteiger charge is 2.18. The molecule has 0 radical (unpaired) electrons. The van der Waals surface area contributed by atoms with Gasteiger partial charge in [0.05, 0.1) is 6.04 Å². The second kappa shape index (κ2) is 5.87. The van der Waals surface area contributed by atoms with Crippen molar-refractivity contribution in [3.05, 3.63) is 54.1 Å². The average molecular weight is 389 g/mol. The largest absolute Gasteiger partial charge is 0.309 e. The number of hydrogen-bond donors (Lipinski definition) is 1. The van der Waals surface area contributed by atoms with Crippen LogP contribution in [0.1, 0.15) is 26.9 Å². The van der Waals surface area contributed by atoms with Crippen molar-refractivity contribution in [3.63, 3.8) is 0 Å². The van der Waals surface area contributed by atoms with Crippen LogP contribution in [0.4, 0.5) is 0 Å². The summed E-state index contributed by atoms with van der Waals surface area (Å²) in [5, 5.41) is 3.40. The van der Waals surface area contributed by atoms with Crippen molar-refractivity contribution in [3.8, 4) is 0 Å². The van der Waals surface area contributed by atoms with Crippen LogP contribution in [-0.2, 0) is 0 Å². The SMILES string of the molecule is CNC(c1cc(C)c(C)s1)c1cc(Br)ccc1Br. The summed E-state index contributed by atoms with van der Waals surface area (Å²) >= 11 is 9.04. The zero-order valence-corrected chi connectivity index (χ0v) is 14.5. The third-order valence-electron chi connectivity index (χ3n) is 3.03. The topological polar surface area (TPSA) is 12.0 Å². The minimum absolute atomic E-state index is 0.231. The molecule has 0 fully saturated rings. The average Bonchev–Trinajstić information content (AvgIpc) is 2.65. The summed E-state index contributed by atoms with van der Waals surface area (Å²) in [6, 6.07) is 8.79. The molecule has 0 saturated carbocycles. The first-order chi connectivity index (χ1) is 8.52. The molecule has 0 aliphatic carbocycles.